The third kappa shape index (κ3) is 2.80. The van der Waals surface area contributed by atoms with E-state index in [1.54, 1.807) is 10.9 Å². The second-order valence-electron chi connectivity index (χ2n) is 6.27. The molecule has 0 unspecified atom stereocenters. The SMILES string of the molecule is CC(C)(C)c1cc(NC(=O)c2cn(C3CNC3)nn2)n[nH]1. The van der Waals surface area contributed by atoms with Gasteiger partial charge in [-0.15, -0.1) is 5.10 Å². The average molecular weight is 289 g/mol. The Morgan fingerprint density at radius 2 is 2.19 bits per heavy atom. The van der Waals surface area contributed by atoms with E-state index in [1.807, 2.05) is 6.07 Å². The molecule has 21 heavy (non-hydrogen) atoms. The molecule has 0 spiro atoms. The molecule has 0 bridgehead atoms. The number of hydrogen-bond donors (Lipinski definition) is 3. The van der Waals surface area contributed by atoms with Crippen LogP contribution in [-0.4, -0.2) is 44.2 Å². The molecule has 1 aliphatic rings. The molecule has 1 aliphatic heterocycles. The number of carbonyl (C=O) groups excluding carboxylic acids is 1. The summed E-state index contributed by atoms with van der Waals surface area (Å²) in [5.74, 6) is 0.185. The van der Waals surface area contributed by atoms with Crippen molar-refractivity contribution in [1.82, 2.24) is 30.5 Å². The van der Waals surface area contributed by atoms with Gasteiger partial charge in [-0.3, -0.25) is 9.89 Å². The van der Waals surface area contributed by atoms with Crippen molar-refractivity contribution < 1.29 is 4.79 Å². The largest absolute Gasteiger partial charge is 0.312 e. The van der Waals surface area contributed by atoms with Gasteiger partial charge in [0, 0.05) is 30.3 Å². The van der Waals surface area contributed by atoms with Crippen molar-refractivity contribution in [2.75, 3.05) is 18.4 Å². The van der Waals surface area contributed by atoms with Gasteiger partial charge in [0.2, 0.25) is 0 Å². The fourth-order valence-corrected chi connectivity index (χ4v) is 1.97. The highest BCUT2D eigenvalue weighted by Gasteiger charge is 2.22. The molecule has 3 N–H and O–H groups in total. The monoisotopic (exact) mass is 289 g/mol. The minimum atomic E-state index is -0.305. The molecule has 112 valence electrons. The van der Waals surface area contributed by atoms with Crippen molar-refractivity contribution >= 4 is 11.7 Å². The van der Waals surface area contributed by atoms with Crippen LogP contribution in [0.5, 0.6) is 0 Å². The van der Waals surface area contributed by atoms with Gasteiger partial charge in [0.25, 0.3) is 5.91 Å². The summed E-state index contributed by atoms with van der Waals surface area (Å²) < 4.78 is 1.72. The predicted octanol–water partition coefficient (Wildman–Crippen LogP) is 0.695. The first kappa shape index (κ1) is 13.7. The smallest absolute Gasteiger partial charge is 0.279 e. The Morgan fingerprint density at radius 1 is 1.43 bits per heavy atom. The third-order valence-electron chi connectivity index (χ3n) is 3.50. The van der Waals surface area contributed by atoms with Crippen molar-refractivity contribution in [3.63, 3.8) is 0 Å². The van der Waals surface area contributed by atoms with E-state index in [0.29, 0.717) is 11.5 Å². The lowest BCUT2D eigenvalue weighted by Gasteiger charge is -2.26. The summed E-state index contributed by atoms with van der Waals surface area (Å²) >= 11 is 0. The Balaban J connectivity index is 1.68. The van der Waals surface area contributed by atoms with Crippen LogP contribution >= 0.6 is 0 Å². The van der Waals surface area contributed by atoms with Gasteiger partial charge in [0.05, 0.1) is 12.2 Å². The molecule has 0 aliphatic carbocycles. The van der Waals surface area contributed by atoms with E-state index in [9.17, 15) is 4.79 Å². The van der Waals surface area contributed by atoms with Gasteiger partial charge < -0.3 is 10.6 Å². The molecule has 8 heteroatoms. The molecule has 0 saturated carbocycles. The molecule has 0 atom stereocenters. The number of hydrogen-bond acceptors (Lipinski definition) is 5. The number of nitrogens with zero attached hydrogens (tertiary/aromatic N) is 4. The molecule has 3 heterocycles. The van der Waals surface area contributed by atoms with Crippen molar-refractivity contribution in [2.24, 2.45) is 0 Å². The van der Waals surface area contributed by atoms with E-state index in [1.165, 1.54) is 0 Å². The number of H-pyrrole nitrogens is 1. The number of aromatic amines is 1. The zero-order chi connectivity index (χ0) is 15.0. The topological polar surface area (TPSA) is 101 Å². The van der Waals surface area contributed by atoms with Crippen LogP contribution in [0.25, 0.3) is 0 Å². The second-order valence-corrected chi connectivity index (χ2v) is 6.27. The molecule has 3 rings (SSSR count). The number of anilines is 1. The molecule has 0 aromatic carbocycles. The number of carbonyl (C=O) groups is 1. The van der Waals surface area contributed by atoms with Crippen LogP contribution in [0.3, 0.4) is 0 Å². The zero-order valence-corrected chi connectivity index (χ0v) is 12.3. The summed E-state index contributed by atoms with van der Waals surface area (Å²) in [6, 6.07) is 2.12. The molecular formula is C13H19N7O. The first-order chi connectivity index (χ1) is 9.93. The second kappa shape index (κ2) is 4.96. The number of rotatable bonds is 3. The van der Waals surface area contributed by atoms with Crippen LogP contribution in [-0.2, 0) is 5.41 Å². The van der Waals surface area contributed by atoms with Crippen molar-refractivity contribution in [3.05, 3.63) is 23.7 Å². The fourth-order valence-electron chi connectivity index (χ4n) is 1.97. The molecule has 2 aromatic rings. The molecule has 0 radical (unpaired) electrons. The van der Waals surface area contributed by atoms with Gasteiger partial charge in [-0.1, -0.05) is 26.0 Å². The van der Waals surface area contributed by atoms with Crippen molar-refractivity contribution in [1.29, 1.82) is 0 Å². The van der Waals surface area contributed by atoms with Gasteiger partial charge in [0.1, 0.15) is 0 Å². The predicted molar refractivity (Wildman–Crippen MR) is 77.2 cm³/mol. The van der Waals surface area contributed by atoms with E-state index in [4.69, 9.17) is 0 Å². The Morgan fingerprint density at radius 3 is 2.76 bits per heavy atom. The highest BCUT2D eigenvalue weighted by Crippen LogP contribution is 2.22. The van der Waals surface area contributed by atoms with Crippen molar-refractivity contribution in [2.45, 2.75) is 32.2 Å². The van der Waals surface area contributed by atoms with Gasteiger partial charge in [-0.2, -0.15) is 5.10 Å². The lowest BCUT2D eigenvalue weighted by Crippen LogP contribution is -2.43. The summed E-state index contributed by atoms with van der Waals surface area (Å²) in [4.78, 5) is 12.1. The Kier molecular flexibility index (Phi) is 3.25. The standard InChI is InChI=1S/C13H19N7O/c1-13(2,3)10-4-11(18-17-10)15-12(21)9-7-20(19-16-9)8-5-14-6-8/h4,7-8,14H,5-6H2,1-3H3,(H2,15,17,18,21). The third-order valence-corrected chi connectivity index (χ3v) is 3.50. The van der Waals surface area contributed by atoms with E-state index in [2.05, 4.69) is 51.9 Å². The van der Waals surface area contributed by atoms with E-state index < -0.39 is 0 Å². The molecule has 1 amide bonds. The molecular weight excluding hydrogens is 270 g/mol. The Labute approximate surface area is 122 Å². The van der Waals surface area contributed by atoms with Crippen LogP contribution in [0.2, 0.25) is 0 Å². The summed E-state index contributed by atoms with van der Waals surface area (Å²) in [6.07, 6.45) is 1.66. The molecule has 1 fully saturated rings. The molecule has 1 saturated heterocycles. The fraction of sp³-hybridized carbons (Fsp3) is 0.538. The van der Waals surface area contributed by atoms with E-state index in [0.717, 1.165) is 18.8 Å². The summed E-state index contributed by atoms with van der Waals surface area (Å²) in [5, 5.41) is 20.8. The normalized spacial score (nSPS) is 15.8. The number of aromatic nitrogens is 5. The van der Waals surface area contributed by atoms with Gasteiger partial charge >= 0.3 is 0 Å². The van der Waals surface area contributed by atoms with Crippen LogP contribution in [0.4, 0.5) is 5.82 Å². The number of amides is 1. The summed E-state index contributed by atoms with van der Waals surface area (Å²) in [7, 11) is 0. The minimum absolute atomic E-state index is 0.0453. The van der Waals surface area contributed by atoms with Crippen LogP contribution in [0.15, 0.2) is 12.3 Å². The zero-order valence-electron chi connectivity index (χ0n) is 12.3. The van der Waals surface area contributed by atoms with Crippen LogP contribution in [0.1, 0.15) is 43.0 Å². The lowest BCUT2D eigenvalue weighted by atomic mass is 9.92. The van der Waals surface area contributed by atoms with Gasteiger partial charge in [0.15, 0.2) is 11.5 Å². The van der Waals surface area contributed by atoms with E-state index >= 15 is 0 Å². The summed E-state index contributed by atoms with van der Waals surface area (Å²) in [6.45, 7) is 7.94. The molecule has 2 aromatic heterocycles. The first-order valence-electron chi connectivity index (χ1n) is 6.93. The highest BCUT2D eigenvalue weighted by atomic mass is 16.2. The van der Waals surface area contributed by atoms with Crippen LogP contribution in [0, 0.1) is 0 Å². The minimum Gasteiger partial charge on any atom is -0.312 e. The number of nitrogens with one attached hydrogen (secondary N) is 3. The van der Waals surface area contributed by atoms with Crippen LogP contribution < -0.4 is 10.6 Å². The van der Waals surface area contributed by atoms with Crippen molar-refractivity contribution in [3.8, 4) is 0 Å². The Hall–Kier alpha value is -2.22. The highest BCUT2D eigenvalue weighted by molar-refractivity contribution is 6.02. The van der Waals surface area contributed by atoms with Gasteiger partial charge in [-0.25, -0.2) is 4.68 Å². The first-order valence-corrected chi connectivity index (χ1v) is 6.93. The van der Waals surface area contributed by atoms with E-state index in [-0.39, 0.29) is 17.4 Å². The summed E-state index contributed by atoms with van der Waals surface area (Å²) in [5.41, 5.74) is 1.21. The molecule has 8 nitrogen and oxygen atoms in total. The Bertz CT molecular complexity index is 648. The van der Waals surface area contributed by atoms with Gasteiger partial charge in [-0.05, 0) is 0 Å². The average Bonchev–Trinajstić information content (AvgIpc) is 2.94. The maximum absolute atomic E-state index is 12.1. The maximum atomic E-state index is 12.1. The lowest BCUT2D eigenvalue weighted by molar-refractivity contribution is 0.102. The maximum Gasteiger partial charge on any atom is 0.279 e. The quantitative estimate of drug-likeness (QED) is 0.772.